The Hall–Kier alpha value is -2.23. The molecule has 26 heavy (non-hydrogen) atoms. The molecule has 1 unspecified atom stereocenters. The number of benzene rings is 1. The zero-order chi connectivity index (χ0) is 19.2. The summed E-state index contributed by atoms with van der Waals surface area (Å²) in [5.74, 6) is -0.982. The number of amides is 1. The van der Waals surface area contributed by atoms with Gasteiger partial charge < -0.3 is 10.1 Å². The predicted molar refractivity (Wildman–Crippen MR) is 98.1 cm³/mol. The Labute approximate surface area is 156 Å². The maximum Gasteiger partial charge on any atom is 0.307 e. The van der Waals surface area contributed by atoms with E-state index < -0.39 is 27.9 Å². The third-order valence-corrected chi connectivity index (χ3v) is 6.84. The van der Waals surface area contributed by atoms with Gasteiger partial charge in [0.15, 0.2) is 0 Å². The third kappa shape index (κ3) is 5.13. The zero-order valence-corrected chi connectivity index (χ0v) is 16.0. The van der Waals surface area contributed by atoms with Gasteiger partial charge in [-0.3, -0.25) is 9.59 Å². The molecule has 0 aliphatic rings. The first-order valence-corrected chi connectivity index (χ1v) is 10.1. The van der Waals surface area contributed by atoms with Crippen molar-refractivity contribution in [2.24, 2.45) is 0 Å². The molecule has 0 fully saturated rings. The molecule has 0 bridgehead atoms. The lowest BCUT2D eigenvalue weighted by Gasteiger charge is -2.21. The monoisotopic (exact) mass is 396 g/mol. The Morgan fingerprint density at radius 1 is 1.19 bits per heavy atom. The van der Waals surface area contributed by atoms with Crippen LogP contribution >= 0.6 is 11.3 Å². The van der Waals surface area contributed by atoms with E-state index in [4.69, 9.17) is 0 Å². The molecule has 0 aliphatic carbocycles. The minimum Gasteiger partial charge on any atom is -0.469 e. The van der Waals surface area contributed by atoms with E-state index in [0.29, 0.717) is 0 Å². The average molecular weight is 396 g/mol. The van der Waals surface area contributed by atoms with Crippen molar-refractivity contribution in [3.05, 3.63) is 53.4 Å². The van der Waals surface area contributed by atoms with Crippen LogP contribution in [0.2, 0.25) is 0 Å². The number of nitrogens with zero attached hydrogens (tertiary/aromatic N) is 1. The molecule has 0 aliphatic heterocycles. The van der Waals surface area contributed by atoms with E-state index in [1.54, 1.807) is 35.7 Å². The quantitative estimate of drug-likeness (QED) is 0.687. The Balaban J connectivity index is 2.08. The largest absolute Gasteiger partial charge is 0.469 e. The van der Waals surface area contributed by atoms with Gasteiger partial charge in [-0.2, -0.15) is 4.31 Å². The number of hydrogen-bond acceptors (Lipinski definition) is 6. The summed E-state index contributed by atoms with van der Waals surface area (Å²) in [6, 6.07) is 11.5. The van der Waals surface area contributed by atoms with Gasteiger partial charge in [0.2, 0.25) is 5.91 Å². The van der Waals surface area contributed by atoms with Crippen molar-refractivity contribution >= 4 is 33.2 Å². The fourth-order valence-corrected chi connectivity index (χ4v) is 4.61. The molecule has 0 radical (unpaired) electrons. The van der Waals surface area contributed by atoms with Crippen molar-refractivity contribution in [2.45, 2.75) is 16.7 Å². The van der Waals surface area contributed by atoms with Gasteiger partial charge in [0.25, 0.3) is 10.0 Å². The summed E-state index contributed by atoms with van der Waals surface area (Å²) in [5.41, 5.74) is 0.731. The topological polar surface area (TPSA) is 92.8 Å². The molecule has 9 heteroatoms. The average Bonchev–Trinajstić information content (AvgIpc) is 3.17. The van der Waals surface area contributed by atoms with Crippen LogP contribution in [0.25, 0.3) is 0 Å². The fourth-order valence-electron chi connectivity index (χ4n) is 2.28. The molecule has 0 saturated heterocycles. The van der Waals surface area contributed by atoms with Crippen molar-refractivity contribution in [3.63, 3.8) is 0 Å². The molecule has 1 atom stereocenters. The highest BCUT2D eigenvalue weighted by atomic mass is 32.2. The Bertz CT molecular complexity index is 835. The van der Waals surface area contributed by atoms with Crippen LogP contribution in [0, 0.1) is 0 Å². The van der Waals surface area contributed by atoms with Gasteiger partial charge >= 0.3 is 5.97 Å². The number of hydrogen-bond donors (Lipinski definition) is 1. The number of likely N-dealkylation sites (N-methyl/N-ethyl adjacent to an activating group) is 1. The van der Waals surface area contributed by atoms with Crippen LogP contribution in [-0.2, 0) is 24.3 Å². The lowest BCUT2D eigenvalue weighted by molar-refractivity contribution is -0.141. The highest BCUT2D eigenvalue weighted by Gasteiger charge is 2.25. The first kappa shape index (κ1) is 20.1. The smallest absolute Gasteiger partial charge is 0.307 e. The standard InChI is InChI=1S/C17H20N2O5S2/c1-19(26(22,23)17-9-6-10-25-17)12-15(20)18-14(11-16(21)24-2)13-7-4-3-5-8-13/h3-10,14H,11-12H2,1-2H3,(H,18,20). The molecule has 140 valence electrons. The summed E-state index contributed by atoms with van der Waals surface area (Å²) in [7, 11) is -1.11. The van der Waals surface area contributed by atoms with Gasteiger partial charge in [-0.15, -0.1) is 11.3 Å². The van der Waals surface area contributed by atoms with Crippen LogP contribution < -0.4 is 5.32 Å². The van der Waals surface area contributed by atoms with Crippen molar-refractivity contribution < 1.29 is 22.7 Å². The van der Waals surface area contributed by atoms with E-state index in [1.165, 1.54) is 20.2 Å². The minimum atomic E-state index is -3.72. The number of carbonyl (C=O) groups excluding carboxylic acids is 2. The highest BCUT2D eigenvalue weighted by molar-refractivity contribution is 7.91. The molecule has 1 N–H and O–H groups in total. The molecule has 2 rings (SSSR count). The number of ether oxygens (including phenoxy) is 1. The second-order valence-corrected chi connectivity index (χ2v) is 8.72. The van der Waals surface area contributed by atoms with Gasteiger partial charge in [0.1, 0.15) is 4.21 Å². The summed E-state index contributed by atoms with van der Waals surface area (Å²) in [6.07, 6.45) is -0.0480. The van der Waals surface area contributed by atoms with E-state index in [0.717, 1.165) is 21.2 Å². The van der Waals surface area contributed by atoms with E-state index in [1.807, 2.05) is 6.07 Å². The van der Waals surface area contributed by atoms with E-state index in [2.05, 4.69) is 10.1 Å². The van der Waals surface area contributed by atoms with E-state index in [9.17, 15) is 18.0 Å². The van der Waals surface area contributed by atoms with Crippen molar-refractivity contribution in [2.75, 3.05) is 20.7 Å². The Kier molecular flexibility index (Phi) is 6.90. The lowest BCUT2D eigenvalue weighted by Crippen LogP contribution is -2.40. The van der Waals surface area contributed by atoms with E-state index in [-0.39, 0.29) is 17.2 Å². The van der Waals surface area contributed by atoms with Crippen molar-refractivity contribution in [1.29, 1.82) is 0 Å². The fraction of sp³-hybridized carbons (Fsp3) is 0.294. The number of thiophene rings is 1. The second-order valence-electron chi connectivity index (χ2n) is 5.50. The number of esters is 1. The zero-order valence-electron chi connectivity index (χ0n) is 14.4. The number of methoxy groups -OCH3 is 1. The van der Waals surface area contributed by atoms with Gasteiger partial charge in [-0.05, 0) is 17.0 Å². The summed E-state index contributed by atoms with van der Waals surface area (Å²) in [4.78, 5) is 24.0. The SMILES string of the molecule is COC(=O)CC(NC(=O)CN(C)S(=O)(=O)c1cccs1)c1ccccc1. The highest BCUT2D eigenvalue weighted by Crippen LogP contribution is 2.20. The normalized spacial score (nSPS) is 12.6. The molecule has 0 saturated carbocycles. The lowest BCUT2D eigenvalue weighted by atomic mass is 10.0. The number of nitrogens with one attached hydrogen (secondary N) is 1. The van der Waals surface area contributed by atoms with Gasteiger partial charge in [0.05, 0.1) is 26.1 Å². The second kappa shape index (κ2) is 8.93. The van der Waals surface area contributed by atoms with Crippen LogP contribution in [0.4, 0.5) is 0 Å². The van der Waals surface area contributed by atoms with Gasteiger partial charge in [0, 0.05) is 7.05 Å². The van der Waals surface area contributed by atoms with Crippen LogP contribution in [0.3, 0.4) is 0 Å². The molecule has 7 nitrogen and oxygen atoms in total. The number of rotatable bonds is 8. The molecule has 1 aromatic heterocycles. The maximum absolute atomic E-state index is 12.4. The van der Waals surface area contributed by atoms with E-state index >= 15 is 0 Å². The number of sulfonamides is 1. The molecular weight excluding hydrogens is 376 g/mol. The number of carbonyl (C=O) groups is 2. The molecule has 1 amide bonds. The summed E-state index contributed by atoms with van der Waals surface area (Å²) in [5, 5.41) is 4.36. The van der Waals surface area contributed by atoms with Crippen molar-refractivity contribution in [3.8, 4) is 0 Å². The first-order chi connectivity index (χ1) is 12.3. The van der Waals surface area contributed by atoms with Crippen LogP contribution in [-0.4, -0.2) is 45.3 Å². The van der Waals surface area contributed by atoms with Gasteiger partial charge in [-0.1, -0.05) is 36.4 Å². The molecule has 0 spiro atoms. The minimum absolute atomic E-state index is 0.0480. The third-order valence-electron chi connectivity index (χ3n) is 3.66. The molecule has 2 aromatic rings. The predicted octanol–water partition coefficient (Wildman–Crippen LogP) is 1.79. The first-order valence-electron chi connectivity index (χ1n) is 7.75. The summed E-state index contributed by atoms with van der Waals surface area (Å²) < 4.78 is 30.6. The molecular formula is C17H20N2O5S2. The Morgan fingerprint density at radius 3 is 2.46 bits per heavy atom. The van der Waals surface area contributed by atoms with Crippen LogP contribution in [0.5, 0.6) is 0 Å². The summed E-state index contributed by atoms with van der Waals surface area (Å²) in [6.45, 7) is -0.356. The molecule has 1 heterocycles. The summed E-state index contributed by atoms with van der Waals surface area (Å²) >= 11 is 1.08. The Morgan fingerprint density at radius 2 is 1.88 bits per heavy atom. The van der Waals surface area contributed by atoms with Crippen LogP contribution in [0.15, 0.2) is 52.1 Å². The maximum atomic E-state index is 12.4. The van der Waals surface area contributed by atoms with Gasteiger partial charge in [-0.25, -0.2) is 8.42 Å². The molecule has 1 aromatic carbocycles. The van der Waals surface area contributed by atoms with Crippen molar-refractivity contribution in [1.82, 2.24) is 9.62 Å². The van der Waals surface area contributed by atoms with Crippen LogP contribution in [0.1, 0.15) is 18.0 Å².